The number of nitrogens with zero attached hydrogens (tertiary/aromatic N) is 1. The third-order valence-electron chi connectivity index (χ3n) is 2.98. The van der Waals surface area contributed by atoms with Gasteiger partial charge in [-0.3, -0.25) is 4.79 Å². The lowest BCUT2D eigenvalue weighted by Gasteiger charge is -2.12. The third-order valence-corrected chi connectivity index (χ3v) is 4.00. The third kappa shape index (κ3) is 3.70. The molecule has 1 amide bonds. The Balaban J connectivity index is 1.97. The second-order valence-corrected chi connectivity index (χ2v) is 5.55. The Hall–Kier alpha value is -1.56. The monoisotopic (exact) mass is 280 g/mol. The lowest BCUT2D eigenvalue weighted by molar-refractivity contribution is -0.140. The summed E-state index contributed by atoms with van der Waals surface area (Å²) in [6.45, 7) is 1.31. The summed E-state index contributed by atoms with van der Waals surface area (Å²) in [7, 11) is 0. The van der Waals surface area contributed by atoms with Crippen LogP contribution in [0.5, 0.6) is 0 Å². The molecular weight excluding hydrogens is 264 g/mol. The molecule has 1 heterocycles. The van der Waals surface area contributed by atoms with Gasteiger partial charge in [-0.2, -0.15) is 0 Å². The van der Waals surface area contributed by atoms with Gasteiger partial charge in [0, 0.05) is 18.4 Å². The predicted molar refractivity (Wildman–Crippen MR) is 72.2 cm³/mol. The Labute approximate surface area is 115 Å². The van der Waals surface area contributed by atoms with Crippen LogP contribution in [-0.2, 0) is 22.4 Å². The normalized spacial score (nSPS) is 14.8. The molecule has 102 valence electrons. The second-order valence-electron chi connectivity index (χ2n) is 4.51. The Morgan fingerprint density at radius 1 is 1.47 bits per heavy atom. The molecule has 0 fully saturated rings. The number of aryl methyl sites for hydroxylation is 2. The lowest BCUT2D eigenvalue weighted by Crippen LogP contribution is -2.41. The van der Waals surface area contributed by atoms with Crippen LogP contribution >= 0.6 is 11.8 Å². The minimum Gasteiger partial charge on any atom is -0.480 e. The van der Waals surface area contributed by atoms with Crippen LogP contribution < -0.4 is 5.32 Å². The SMILES string of the molecule is CC(=O)NC(CSc1ccc2c(n1)CCC2)C(=O)O. The van der Waals surface area contributed by atoms with E-state index in [0.29, 0.717) is 0 Å². The van der Waals surface area contributed by atoms with E-state index in [0.717, 1.165) is 30.0 Å². The molecule has 0 saturated heterocycles. The van der Waals surface area contributed by atoms with Gasteiger partial charge >= 0.3 is 5.97 Å². The average Bonchev–Trinajstić information content (AvgIpc) is 2.80. The summed E-state index contributed by atoms with van der Waals surface area (Å²) in [4.78, 5) is 26.4. The van der Waals surface area contributed by atoms with E-state index >= 15 is 0 Å². The molecule has 1 unspecified atom stereocenters. The summed E-state index contributed by atoms with van der Waals surface area (Å²) in [5, 5.41) is 12.2. The highest BCUT2D eigenvalue weighted by Crippen LogP contribution is 2.24. The Morgan fingerprint density at radius 3 is 2.95 bits per heavy atom. The largest absolute Gasteiger partial charge is 0.480 e. The van der Waals surface area contributed by atoms with Crippen molar-refractivity contribution >= 4 is 23.6 Å². The molecule has 0 saturated carbocycles. The number of hydrogen-bond donors (Lipinski definition) is 2. The Kier molecular flexibility index (Phi) is 4.42. The maximum Gasteiger partial charge on any atom is 0.327 e. The fourth-order valence-electron chi connectivity index (χ4n) is 2.07. The number of carboxylic acid groups (broad SMARTS) is 1. The van der Waals surface area contributed by atoms with Gasteiger partial charge in [-0.05, 0) is 30.9 Å². The van der Waals surface area contributed by atoms with Gasteiger partial charge in [0.05, 0.1) is 5.03 Å². The van der Waals surface area contributed by atoms with Crippen molar-refractivity contribution in [3.8, 4) is 0 Å². The van der Waals surface area contributed by atoms with Crippen LogP contribution in [0.1, 0.15) is 24.6 Å². The molecular formula is C13H16N2O3S. The van der Waals surface area contributed by atoms with Gasteiger partial charge in [-0.25, -0.2) is 9.78 Å². The number of aromatic nitrogens is 1. The van der Waals surface area contributed by atoms with Crippen LogP contribution in [-0.4, -0.2) is 33.8 Å². The van der Waals surface area contributed by atoms with E-state index in [1.165, 1.54) is 24.2 Å². The van der Waals surface area contributed by atoms with Crippen LogP contribution in [0.4, 0.5) is 0 Å². The van der Waals surface area contributed by atoms with Crippen molar-refractivity contribution in [2.75, 3.05) is 5.75 Å². The smallest absolute Gasteiger partial charge is 0.327 e. The maximum absolute atomic E-state index is 11.0. The van der Waals surface area contributed by atoms with Crippen molar-refractivity contribution in [1.82, 2.24) is 10.3 Å². The molecule has 1 aliphatic carbocycles. The van der Waals surface area contributed by atoms with E-state index in [1.54, 1.807) is 0 Å². The molecule has 1 aromatic heterocycles. The molecule has 0 radical (unpaired) electrons. The van der Waals surface area contributed by atoms with Crippen molar-refractivity contribution < 1.29 is 14.7 Å². The van der Waals surface area contributed by atoms with Crippen LogP contribution in [0.2, 0.25) is 0 Å². The summed E-state index contributed by atoms with van der Waals surface area (Å²) in [6, 6.07) is 3.10. The molecule has 6 heteroatoms. The van der Waals surface area contributed by atoms with Crippen molar-refractivity contribution in [3.05, 3.63) is 23.4 Å². The first kappa shape index (κ1) is 13.9. The number of thioether (sulfide) groups is 1. The van der Waals surface area contributed by atoms with Gasteiger partial charge in [0.25, 0.3) is 0 Å². The molecule has 1 aliphatic rings. The molecule has 0 aromatic carbocycles. The molecule has 19 heavy (non-hydrogen) atoms. The minimum absolute atomic E-state index is 0.278. The molecule has 0 spiro atoms. The van der Waals surface area contributed by atoms with Crippen molar-refractivity contribution in [1.29, 1.82) is 0 Å². The summed E-state index contributed by atoms with van der Waals surface area (Å²) >= 11 is 1.36. The van der Waals surface area contributed by atoms with Gasteiger partial charge in [0.1, 0.15) is 6.04 Å². The first-order chi connectivity index (χ1) is 9.06. The van der Waals surface area contributed by atoms with Crippen LogP contribution in [0, 0.1) is 0 Å². The van der Waals surface area contributed by atoms with E-state index in [9.17, 15) is 9.59 Å². The van der Waals surface area contributed by atoms with E-state index in [2.05, 4.69) is 16.4 Å². The number of nitrogens with one attached hydrogen (secondary N) is 1. The quantitative estimate of drug-likeness (QED) is 0.794. The molecule has 0 aliphatic heterocycles. The summed E-state index contributed by atoms with van der Waals surface area (Å²) in [5.41, 5.74) is 2.41. The lowest BCUT2D eigenvalue weighted by atomic mass is 10.2. The summed E-state index contributed by atoms with van der Waals surface area (Å²) in [5.74, 6) is -1.08. The minimum atomic E-state index is -1.02. The number of hydrogen-bond acceptors (Lipinski definition) is 4. The van der Waals surface area contributed by atoms with E-state index in [4.69, 9.17) is 5.11 Å². The van der Waals surface area contributed by atoms with Gasteiger partial charge in [0.15, 0.2) is 0 Å². The van der Waals surface area contributed by atoms with E-state index in [1.807, 2.05) is 6.07 Å². The van der Waals surface area contributed by atoms with Crippen LogP contribution in [0.25, 0.3) is 0 Å². The second kappa shape index (κ2) is 6.06. The van der Waals surface area contributed by atoms with Gasteiger partial charge < -0.3 is 10.4 Å². The molecule has 1 aromatic rings. The zero-order chi connectivity index (χ0) is 13.8. The van der Waals surface area contributed by atoms with Gasteiger partial charge in [-0.15, -0.1) is 11.8 Å². The van der Waals surface area contributed by atoms with Crippen LogP contribution in [0.3, 0.4) is 0 Å². The van der Waals surface area contributed by atoms with Crippen LogP contribution in [0.15, 0.2) is 17.2 Å². The highest BCUT2D eigenvalue weighted by molar-refractivity contribution is 7.99. The number of carbonyl (C=O) groups excluding carboxylic acids is 1. The first-order valence-electron chi connectivity index (χ1n) is 6.18. The Morgan fingerprint density at radius 2 is 2.26 bits per heavy atom. The molecule has 2 rings (SSSR count). The fourth-order valence-corrected chi connectivity index (χ4v) is 2.97. The standard InChI is InChI=1S/C13H16N2O3S/c1-8(16)14-11(13(17)18)7-19-12-6-5-9-3-2-4-10(9)15-12/h5-6,11H,2-4,7H2,1H3,(H,14,16)(H,17,18). The fraction of sp³-hybridized carbons (Fsp3) is 0.462. The van der Waals surface area contributed by atoms with Gasteiger partial charge in [-0.1, -0.05) is 6.07 Å². The number of aliphatic carboxylic acids is 1. The zero-order valence-corrected chi connectivity index (χ0v) is 11.5. The highest BCUT2D eigenvalue weighted by atomic mass is 32.2. The maximum atomic E-state index is 11.0. The number of carboxylic acids is 1. The van der Waals surface area contributed by atoms with E-state index < -0.39 is 12.0 Å². The average molecular weight is 280 g/mol. The first-order valence-corrected chi connectivity index (χ1v) is 7.16. The molecule has 0 bridgehead atoms. The number of pyridine rings is 1. The topological polar surface area (TPSA) is 79.3 Å². The number of carbonyl (C=O) groups is 2. The number of rotatable bonds is 5. The van der Waals surface area contributed by atoms with Crippen molar-refractivity contribution in [2.24, 2.45) is 0 Å². The highest BCUT2D eigenvalue weighted by Gasteiger charge is 2.19. The van der Waals surface area contributed by atoms with Crippen molar-refractivity contribution in [3.63, 3.8) is 0 Å². The zero-order valence-electron chi connectivity index (χ0n) is 10.7. The van der Waals surface area contributed by atoms with E-state index in [-0.39, 0.29) is 11.7 Å². The summed E-state index contributed by atoms with van der Waals surface area (Å²) < 4.78 is 0. The predicted octanol–water partition coefficient (Wildman–Crippen LogP) is 1.25. The van der Waals surface area contributed by atoms with Crippen molar-refractivity contribution in [2.45, 2.75) is 37.3 Å². The number of fused-ring (bicyclic) bond motifs is 1. The van der Waals surface area contributed by atoms with Gasteiger partial charge in [0.2, 0.25) is 5.91 Å². The Bertz CT molecular complexity index is 505. The molecule has 5 nitrogen and oxygen atoms in total. The number of amides is 1. The summed E-state index contributed by atoms with van der Waals surface area (Å²) in [6.07, 6.45) is 3.22. The molecule has 1 atom stereocenters. The molecule has 2 N–H and O–H groups in total.